The second-order valence-corrected chi connectivity index (χ2v) is 3.74. The van der Waals surface area contributed by atoms with Crippen LogP contribution in [0.2, 0.25) is 0 Å². The van der Waals surface area contributed by atoms with Gasteiger partial charge in [-0.2, -0.15) is 12.6 Å². The van der Waals surface area contributed by atoms with Gasteiger partial charge in [-0.1, -0.05) is 0 Å². The number of hydrogen-bond donors (Lipinski definition) is 3. The van der Waals surface area contributed by atoms with Crippen molar-refractivity contribution in [2.24, 2.45) is 0 Å². The number of hydrogen-bond acceptors (Lipinski definition) is 4. The lowest BCUT2D eigenvalue weighted by Crippen LogP contribution is -2.41. The number of aromatic amines is 1. The third-order valence-corrected chi connectivity index (χ3v) is 2.37. The topological polar surface area (TPSA) is 84.0 Å². The van der Waals surface area contributed by atoms with Crippen LogP contribution in [0, 0.1) is 6.92 Å². The summed E-state index contributed by atoms with van der Waals surface area (Å²) < 4.78 is 1.24. The highest BCUT2D eigenvalue weighted by atomic mass is 32.1. The van der Waals surface area contributed by atoms with Crippen LogP contribution in [0.5, 0.6) is 0 Å². The fourth-order valence-corrected chi connectivity index (χ4v) is 1.52. The van der Waals surface area contributed by atoms with Crippen LogP contribution in [0.15, 0.2) is 15.8 Å². The van der Waals surface area contributed by atoms with Crippen LogP contribution in [-0.4, -0.2) is 21.2 Å². The summed E-state index contributed by atoms with van der Waals surface area (Å²) in [6, 6.07) is 0. The van der Waals surface area contributed by atoms with Gasteiger partial charge in [-0.15, -0.1) is 0 Å². The summed E-state index contributed by atoms with van der Waals surface area (Å²) in [5.74, 6) is -0.0138. The Morgan fingerprint density at radius 1 is 1.62 bits per heavy atom. The maximum Gasteiger partial charge on any atom is 0.330 e. The number of rotatable bonds is 3. The predicted octanol–water partition coefficient (Wildman–Crippen LogP) is -0.590. The molecule has 2 N–H and O–H groups in total. The van der Waals surface area contributed by atoms with E-state index in [9.17, 15) is 14.4 Å². The molecule has 6 nitrogen and oxygen atoms in total. The fraction of sp³-hybridized carbons (Fsp3) is 0.444. The molecule has 0 spiro atoms. The van der Waals surface area contributed by atoms with E-state index in [1.54, 1.807) is 6.92 Å². The molecule has 0 bridgehead atoms. The zero-order valence-electron chi connectivity index (χ0n) is 8.98. The third-order valence-electron chi connectivity index (χ3n) is 2.02. The molecule has 0 radical (unpaired) electrons. The molecule has 16 heavy (non-hydrogen) atoms. The average Bonchev–Trinajstić information content (AvgIpc) is 2.20. The van der Waals surface area contributed by atoms with Gasteiger partial charge in [0, 0.05) is 24.4 Å². The number of nitrogens with zero attached hydrogens (tertiary/aromatic N) is 1. The molecule has 1 unspecified atom stereocenters. The largest absolute Gasteiger partial charge is 0.335 e. The van der Waals surface area contributed by atoms with Crippen molar-refractivity contribution in [2.75, 3.05) is 5.75 Å². The van der Waals surface area contributed by atoms with Crippen LogP contribution in [0.3, 0.4) is 0 Å². The predicted molar refractivity (Wildman–Crippen MR) is 62.8 cm³/mol. The molecular weight excluding hydrogens is 230 g/mol. The molecule has 0 aliphatic rings. The maximum atomic E-state index is 11.5. The third kappa shape index (κ3) is 2.75. The van der Waals surface area contributed by atoms with E-state index in [-0.39, 0.29) is 11.7 Å². The highest BCUT2D eigenvalue weighted by Crippen LogP contribution is 2.01. The monoisotopic (exact) mass is 243 g/mol. The number of thiol groups is 1. The summed E-state index contributed by atoms with van der Waals surface area (Å²) in [5, 5.41) is 2.56. The number of aryl methyl sites for hydroxylation is 1. The number of carbonyl (C=O) groups excluding carboxylic acids is 1. The Hall–Kier alpha value is -1.50. The van der Waals surface area contributed by atoms with Crippen molar-refractivity contribution in [3.05, 3.63) is 32.6 Å². The second-order valence-electron chi connectivity index (χ2n) is 3.38. The van der Waals surface area contributed by atoms with E-state index in [4.69, 9.17) is 0 Å². The number of amides is 1. The molecule has 0 aliphatic heterocycles. The highest BCUT2D eigenvalue weighted by Gasteiger charge is 2.12. The average molecular weight is 243 g/mol. The Bertz CT molecular complexity index is 505. The van der Waals surface area contributed by atoms with Crippen molar-refractivity contribution >= 4 is 18.5 Å². The van der Waals surface area contributed by atoms with Crippen molar-refractivity contribution < 1.29 is 4.79 Å². The van der Waals surface area contributed by atoms with Crippen LogP contribution in [0.1, 0.15) is 18.7 Å². The van der Waals surface area contributed by atoms with Crippen molar-refractivity contribution in [2.45, 2.75) is 20.0 Å². The molecule has 7 heteroatoms. The van der Waals surface area contributed by atoms with E-state index in [2.05, 4.69) is 22.9 Å². The Morgan fingerprint density at radius 3 is 2.75 bits per heavy atom. The van der Waals surface area contributed by atoms with Gasteiger partial charge < -0.3 is 5.32 Å². The lowest BCUT2D eigenvalue weighted by Gasteiger charge is -2.18. The zero-order valence-corrected chi connectivity index (χ0v) is 9.88. The molecule has 1 amide bonds. The summed E-state index contributed by atoms with van der Waals surface area (Å²) in [4.78, 5) is 35.7. The number of aromatic nitrogens is 2. The van der Waals surface area contributed by atoms with Crippen LogP contribution in [-0.2, 0) is 4.79 Å². The van der Waals surface area contributed by atoms with Gasteiger partial charge >= 0.3 is 5.69 Å². The van der Waals surface area contributed by atoms with Gasteiger partial charge in [0.05, 0.1) is 0 Å². The van der Waals surface area contributed by atoms with Gasteiger partial charge in [-0.3, -0.25) is 19.1 Å². The Kier molecular flexibility index (Phi) is 3.94. The molecule has 1 aromatic heterocycles. The second kappa shape index (κ2) is 5.02. The van der Waals surface area contributed by atoms with Gasteiger partial charge in [-0.05, 0) is 6.92 Å². The zero-order chi connectivity index (χ0) is 12.3. The van der Waals surface area contributed by atoms with Crippen molar-refractivity contribution in [3.8, 4) is 0 Å². The van der Waals surface area contributed by atoms with Crippen LogP contribution in [0.4, 0.5) is 0 Å². The summed E-state index contributed by atoms with van der Waals surface area (Å²) >= 11 is 4.04. The summed E-state index contributed by atoms with van der Waals surface area (Å²) in [6.07, 6.45) is 0.835. The SMILES string of the molecule is CC(=O)NC(CS)n1cc(C)c(=O)[nH]c1=O. The number of H-pyrrole nitrogens is 1. The summed E-state index contributed by atoms with van der Waals surface area (Å²) in [5.41, 5.74) is -0.595. The van der Waals surface area contributed by atoms with E-state index in [1.807, 2.05) is 0 Å². The lowest BCUT2D eigenvalue weighted by molar-refractivity contribution is -0.120. The Balaban J connectivity index is 3.20. The summed E-state index contributed by atoms with van der Waals surface area (Å²) in [6.45, 7) is 2.93. The standard InChI is InChI=1S/C9H13N3O3S/c1-5-3-12(9(15)11-8(5)14)7(4-16)10-6(2)13/h3,7,16H,4H2,1-2H3,(H,10,13)(H,11,14,15). The fourth-order valence-electron chi connectivity index (χ4n) is 1.26. The first-order valence-electron chi connectivity index (χ1n) is 4.65. The molecule has 1 aromatic rings. The van der Waals surface area contributed by atoms with Crippen molar-refractivity contribution in [3.63, 3.8) is 0 Å². The van der Waals surface area contributed by atoms with Gasteiger partial charge in [0.1, 0.15) is 6.17 Å². The Labute approximate surface area is 97.1 Å². The quantitative estimate of drug-likeness (QED) is 0.620. The molecule has 88 valence electrons. The Morgan fingerprint density at radius 2 is 2.25 bits per heavy atom. The van der Waals surface area contributed by atoms with Gasteiger partial charge in [0.15, 0.2) is 0 Å². The normalized spacial score (nSPS) is 12.2. The lowest BCUT2D eigenvalue weighted by atomic mass is 10.4. The molecular formula is C9H13N3O3S. The molecule has 0 saturated carbocycles. The minimum atomic E-state index is -0.566. The minimum absolute atomic E-state index is 0.255. The van der Waals surface area contributed by atoms with Crippen LogP contribution < -0.4 is 16.6 Å². The molecule has 0 fully saturated rings. The van der Waals surface area contributed by atoms with Crippen LogP contribution in [0.25, 0.3) is 0 Å². The number of nitrogens with one attached hydrogen (secondary N) is 2. The molecule has 0 saturated heterocycles. The van der Waals surface area contributed by atoms with E-state index < -0.39 is 17.4 Å². The van der Waals surface area contributed by atoms with Crippen molar-refractivity contribution in [1.82, 2.24) is 14.9 Å². The minimum Gasteiger partial charge on any atom is -0.335 e. The molecule has 1 atom stereocenters. The first-order chi connectivity index (χ1) is 7.45. The van der Waals surface area contributed by atoms with Gasteiger partial charge in [0.25, 0.3) is 5.56 Å². The maximum absolute atomic E-state index is 11.5. The van der Waals surface area contributed by atoms with Gasteiger partial charge in [0.2, 0.25) is 5.91 Å². The smallest absolute Gasteiger partial charge is 0.330 e. The molecule has 1 rings (SSSR count). The molecule has 0 aliphatic carbocycles. The molecule has 1 heterocycles. The number of carbonyl (C=O) groups is 1. The molecule has 0 aromatic carbocycles. The highest BCUT2D eigenvalue weighted by molar-refractivity contribution is 7.80. The first-order valence-corrected chi connectivity index (χ1v) is 5.29. The van der Waals surface area contributed by atoms with E-state index in [1.165, 1.54) is 17.7 Å². The first kappa shape index (κ1) is 12.6. The van der Waals surface area contributed by atoms with Gasteiger partial charge in [-0.25, -0.2) is 4.79 Å². The van der Waals surface area contributed by atoms with E-state index in [0.717, 1.165) is 0 Å². The van der Waals surface area contributed by atoms with Crippen LogP contribution >= 0.6 is 12.6 Å². The summed E-state index contributed by atoms with van der Waals surface area (Å²) in [7, 11) is 0. The van der Waals surface area contributed by atoms with E-state index >= 15 is 0 Å². The van der Waals surface area contributed by atoms with Crippen molar-refractivity contribution in [1.29, 1.82) is 0 Å². The van der Waals surface area contributed by atoms with E-state index in [0.29, 0.717) is 5.56 Å².